The number of likely N-dealkylation sites (tertiary alicyclic amines) is 1. The molecule has 0 aromatic rings. The van der Waals surface area contributed by atoms with Crippen LogP contribution in [0.5, 0.6) is 0 Å². The molecular weight excluding hydrogens is 242 g/mol. The van der Waals surface area contributed by atoms with Gasteiger partial charge in [0.15, 0.2) is 0 Å². The van der Waals surface area contributed by atoms with Gasteiger partial charge in [0.25, 0.3) is 0 Å². The normalized spacial score (nSPS) is 35.3. The molecule has 4 heteroatoms. The van der Waals surface area contributed by atoms with Crippen LogP contribution >= 0.6 is 11.8 Å². The molecule has 0 aliphatic carbocycles. The van der Waals surface area contributed by atoms with E-state index in [1.165, 1.54) is 51.2 Å². The van der Waals surface area contributed by atoms with Crippen LogP contribution in [0.4, 0.5) is 0 Å². The second kappa shape index (κ2) is 5.70. The van der Waals surface area contributed by atoms with Crippen molar-refractivity contribution in [2.45, 2.75) is 43.4 Å². The molecule has 2 heterocycles. The maximum absolute atomic E-state index is 6.21. The lowest BCUT2D eigenvalue weighted by molar-refractivity contribution is 0.0736. The summed E-state index contributed by atoms with van der Waals surface area (Å²) in [5, 5.41) is 0. The topological polar surface area (TPSA) is 32.5 Å². The third kappa shape index (κ3) is 3.21. The Kier molecular flexibility index (Phi) is 4.63. The summed E-state index contributed by atoms with van der Waals surface area (Å²) < 4.78 is 0.388. The van der Waals surface area contributed by atoms with Gasteiger partial charge in [0.1, 0.15) is 0 Å². The molecule has 2 aliphatic rings. The average Bonchev–Trinajstić information content (AvgIpc) is 2.51. The van der Waals surface area contributed by atoms with Crippen LogP contribution in [0.15, 0.2) is 0 Å². The lowest BCUT2D eigenvalue weighted by Gasteiger charge is -2.49. The first-order valence-corrected chi connectivity index (χ1v) is 8.24. The number of rotatable bonds is 2. The van der Waals surface area contributed by atoms with Gasteiger partial charge in [0.2, 0.25) is 0 Å². The fourth-order valence-corrected chi connectivity index (χ4v) is 4.50. The summed E-state index contributed by atoms with van der Waals surface area (Å²) in [7, 11) is 2.24. The third-order valence-corrected chi connectivity index (χ3v) is 5.91. The first kappa shape index (κ1) is 14.6. The van der Waals surface area contributed by atoms with E-state index in [1.807, 2.05) is 0 Å². The quantitative estimate of drug-likeness (QED) is 0.827. The van der Waals surface area contributed by atoms with Crippen LogP contribution in [0.3, 0.4) is 0 Å². The number of nitrogens with zero attached hydrogens (tertiary/aromatic N) is 2. The van der Waals surface area contributed by atoms with Gasteiger partial charge in [-0.1, -0.05) is 0 Å². The fourth-order valence-electron chi connectivity index (χ4n) is 3.38. The summed E-state index contributed by atoms with van der Waals surface area (Å²) in [4.78, 5) is 5.17. The summed E-state index contributed by atoms with van der Waals surface area (Å²) in [6, 6.07) is 0. The molecule has 1 unspecified atom stereocenters. The second-order valence-electron chi connectivity index (χ2n) is 6.62. The molecule has 18 heavy (non-hydrogen) atoms. The highest BCUT2D eigenvalue weighted by Gasteiger charge is 2.40. The SMILES string of the molecule is CN1CCCC(CN)(N2CCSC(C)(C)C2)CC1. The Bertz CT molecular complexity index is 282. The van der Waals surface area contributed by atoms with Crippen molar-refractivity contribution in [2.24, 2.45) is 5.73 Å². The Morgan fingerprint density at radius 1 is 1.17 bits per heavy atom. The van der Waals surface area contributed by atoms with E-state index in [1.54, 1.807) is 0 Å². The van der Waals surface area contributed by atoms with Crippen molar-refractivity contribution in [3.8, 4) is 0 Å². The largest absolute Gasteiger partial charge is 0.329 e. The van der Waals surface area contributed by atoms with Gasteiger partial charge in [0, 0.05) is 35.7 Å². The van der Waals surface area contributed by atoms with Crippen LogP contribution in [0.1, 0.15) is 33.1 Å². The maximum Gasteiger partial charge on any atom is 0.0345 e. The monoisotopic (exact) mass is 271 g/mol. The molecule has 0 amide bonds. The fraction of sp³-hybridized carbons (Fsp3) is 1.00. The molecule has 0 bridgehead atoms. The Hall–Kier alpha value is 0.230. The molecular formula is C14H29N3S. The van der Waals surface area contributed by atoms with Crippen molar-refractivity contribution in [3.63, 3.8) is 0 Å². The minimum Gasteiger partial charge on any atom is -0.329 e. The standard InChI is InChI=1S/C14H29N3S/c1-13(2)12-17(9-10-18-13)14(11-15)5-4-7-16(3)8-6-14/h4-12,15H2,1-3H3. The van der Waals surface area contributed by atoms with Crippen molar-refractivity contribution in [1.29, 1.82) is 0 Å². The van der Waals surface area contributed by atoms with E-state index in [-0.39, 0.29) is 5.54 Å². The van der Waals surface area contributed by atoms with Crippen molar-refractivity contribution in [1.82, 2.24) is 9.80 Å². The molecule has 0 saturated carbocycles. The van der Waals surface area contributed by atoms with Crippen LogP contribution in [0, 0.1) is 0 Å². The lowest BCUT2D eigenvalue weighted by Crippen LogP contribution is -2.59. The summed E-state index contributed by atoms with van der Waals surface area (Å²) in [6.07, 6.45) is 3.80. The molecule has 0 aromatic carbocycles. The van der Waals surface area contributed by atoms with E-state index in [4.69, 9.17) is 5.73 Å². The molecule has 0 aromatic heterocycles. The highest BCUT2D eigenvalue weighted by atomic mass is 32.2. The van der Waals surface area contributed by atoms with Gasteiger partial charge in [-0.2, -0.15) is 11.8 Å². The minimum atomic E-state index is 0.267. The molecule has 3 nitrogen and oxygen atoms in total. The van der Waals surface area contributed by atoms with Gasteiger partial charge in [-0.25, -0.2) is 0 Å². The van der Waals surface area contributed by atoms with E-state index in [9.17, 15) is 0 Å². The maximum atomic E-state index is 6.21. The van der Waals surface area contributed by atoms with Crippen molar-refractivity contribution >= 4 is 11.8 Å². The Morgan fingerprint density at radius 2 is 1.94 bits per heavy atom. The molecule has 2 N–H and O–H groups in total. The zero-order chi connectivity index (χ0) is 13.2. The first-order chi connectivity index (χ1) is 8.47. The van der Waals surface area contributed by atoms with Crippen LogP contribution in [0.25, 0.3) is 0 Å². The number of hydrogen-bond acceptors (Lipinski definition) is 4. The van der Waals surface area contributed by atoms with Gasteiger partial charge in [-0.15, -0.1) is 0 Å². The van der Waals surface area contributed by atoms with E-state index in [0.29, 0.717) is 4.75 Å². The summed E-state index contributed by atoms with van der Waals surface area (Å²) >= 11 is 2.11. The summed E-state index contributed by atoms with van der Waals surface area (Å²) in [5.41, 5.74) is 6.47. The van der Waals surface area contributed by atoms with Crippen molar-refractivity contribution < 1.29 is 0 Å². The molecule has 1 atom stereocenters. The molecule has 2 saturated heterocycles. The molecule has 2 aliphatic heterocycles. The van der Waals surface area contributed by atoms with Gasteiger partial charge in [-0.05, 0) is 53.2 Å². The first-order valence-electron chi connectivity index (χ1n) is 7.25. The Morgan fingerprint density at radius 3 is 2.61 bits per heavy atom. The molecule has 2 rings (SSSR count). The number of thioether (sulfide) groups is 1. The summed E-state index contributed by atoms with van der Waals surface area (Å²) in [6.45, 7) is 10.4. The molecule has 106 valence electrons. The van der Waals surface area contributed by atoms with E-state index < -0.39 is 0 Å². The van der Waals surface area contributed by atoms with Crippen LogP contribution < -0.4 is 5.73 Å². The zero-order valence-electron chi connectivity index (χ0n) is 12.2. The summed E-state index contributed by atoms with van der Waals surface area (Å²) in [5.74, 6) is 1.25. The third-order valence-electron chi connectivity index (χ3n) is 4.62. The Balaban J connectivity index is 2.10. The predicted molar refractivity (Wildman–Crippen MR) is 81.2 cm³/mol. The number of hydrogen-bond donors (Lipinski definition) is 1. The van der Waals surface area contributed by atoms with Gasteiger partial charge in [-0.3, -0.25) is 4.90 Å². The second-order valence-corrected chi connectivity index (χ2v) is 8.42. The highest BCUT2D eigenvalue weighted by molar-refractivity contribution is 8.00. The van der Waals surface area contributed by atoms with E-state index in [0.717, 1.165) is 6.54 Å². The van der Waals surface area contributed by atoms with E-state index >= 15 is 0 Å². The molecule has 0 spiro atoms. The minimum absolute atomic E-state index is 0.267. The Labute approximate surface area is 116 Å². The average molecular weight is 271 g/mol. The van der Waals surface area contributed by atoms with Crippen LogP contribution in [-0.4, -0.2) is 65.6 Å². The number of nitrogens with two attached hydrogens (primary N) is 1. The van der Waals surface area contributed by atoms with Gasteiger partial charge >= 0.3 is 0 Å². The van der Waals surface area contributed by atoms with Gasteiger partial charge < -0.3 is 10.6 Å². The lowest BCUT2D eigenvalue weighted by atomic mass is 9.87. The smallest absolute Gasteiger partial charge is 0.0345 e. The zero-order valence-corrected chi connectivity index (χ0v) is 13.1. The van der Waals surface area contributed by atoms with E-state index in [2.05, 4.69) is 42.5 Å². The van der Waals surface area contributed by atoms with Crippen molar-refractivity contribution in [3.05, 3.63) is 0 Å². The van der Waals surface area contributed by atoms with Crippen LogP contribution in [-0.2, 0) is 0 Å². The predicted octanol–water partition coefficient (Wildman–Crippen LogP) is 1.63. The van der Waals surface area contributed by atoms with Gasteiger partial charge in [0.05, 0.1) is 0 Å². The highest BCUT2D eigenvalue weighted by Crippen LogP contribution is 2.36. The molecule has 2 fully saturated rings. The van der Waals surface area contributed by atoms with Crippen molar-refractivity contribution in [2.75, 3.05) is 45.5 Å². The molecule has 0 radical (unpaired) electrons. The van der Waals surface area contributed by atoms with Crippen LogP contribution in [0.2, 0.25) is 0 Å².